The minimum atomic E-state index is 0.276. The molecule has 1 N–H and O–H groups in total. The fourth-order valence-corrected chi connectivity index (χ4v) is 2.39. The van der Waals surface area contributed by atoms with Crippen molar-refractivity contribution in [2.45, 2.75) is 20.0 Å². The second-order valence-corrected chi connectivity index (χ2v) is 5.57. The summed E-state index contributed by atoms with van der Waals surface area (Å²) in [5.74, 6) is 3.30. The Morgan fingerprint density at radius 1 is 1.29 bits per heavy atom. The van der Waals surface area contributed by atoms with Gasteiger partial charge in [0.05, 0.1) is 0 Å². The molecule has 0 aliphatic heterocycles. The van der Waals surface area contributed by atoms with Crippen LogP contribution in [0.15, 0.2) is 41.1 Å². The summed E-state index contributed by atoms with van der Waals surface area (Å²) in [5.41, 5.74) is 3.50. The minimum absolute atomic E-state index is 0.276. The Bertz CT molecular complexity index is 649. The van der Waals surface area contributed by atoms with Crippen LogP contribution >= 0.6 is 15.9 Å². The quantitative estimate of drug-likeness (QED) is 0.815. The highest BCUT2D eigenvalue weighted by Gasteiger charge is 2.05. The zero-order valence-electron chi connectivity index (χ0n) is 11.9. The van der Waals surface area contributed by atoms with Gasteiger partial charge in [-0.05, 0) is 42.3 Å². The zero-order chi connectivity index (χ0) is 15.1. The molecule has 2 rings (SSSR count). The van der Waals surface area contributed by atoms with Crippen molar-refractivity contribution in [3.05, 3.63) is 57.8 Å². The minimum Gasteiger partial charge on any atom is -0.481 e. The second-order valence-electron chi connectivity index (χ2n) is 4.65. The molecule has 0 radical (unpaired) electrons. The summed E-state index contributed by atoms with van der Waals surface area (Å²) in [4.78, 5) is 4.10. The maximum absolute atomic E-state index is 5.56. The van der Waals surface area contributed by atoms with Gasteiger partial charge in [-0.2, -0.15) is 0 Å². The standard InChI is InChI=1S/C17H17BrN2O/c1-3-8-21-17-5-4-16(18)9-15(17)12-20-11-14-6-7-19-10-13(14)2/h1,4-7,9-10,20H,8,11-12H2,2H3. The molecule has 0 aliphatic rings. The molecule has 3 nitrogen and oxygen atoms in total. The number of aryl methyl sites for hydroxylation is 1. The van der Waals surface area contributed by atoms with Crippen LogP contribution in [-0.2, 0) is 13.1 Å². The summed E-state index contributed by atoms with van der Waals surface area (Å²) in [6.07, 6.45) is 8.93. The van der Waals surface area contributed by atoms with E-state index in [0.29, 0.717) is 6.54 Å². The van der Waals surface area contributed by atoms with Gasteiger partial charge in [0.25, 0.3) is 0 Å². The van der Waals surface area contributed by atoms with Crippen LogP contribution in [0.3, 0.4) is 0 Å². The maximum Gasteiger partial charge on any atom is 0.148 e. The van der Waals surface area contributed by atoms with E-state index in [9.17, 15) is 0 Å². The first-order valence-electron chi connectivity index (χ1n) is 6.65. The molecule has 21 heavy (non-hydrogen) atoms. The second kappa shape index (κ2) is 7.82. The van der Waals surface area contributed by atoms with Crippen molar-refractivity contribution in [2.75, 3.05) is 6.61 Å². The molecule has 0 bridgehead atoms. The molecule has 1 aromatic carbocycles. The Balaban J connectivity index is 2.01. The number of aromatic nitrogens is 1. The summed E-state index contributed by atoms with van der Waals surface area (Å²) >= 11 is 3.48. The van der Waals surface area contributed by atoms with Crippen molar-refractivity contribution < 1.29 is 4.74 Å². The number of pyridine rings is 1. The predicted molar refractivity (Wildman–Crippen MR) is 88.0 cm³/mol. The molecule has 0 aliphatic carbocycles. The Hall–Kier alpha value is -1.83. The number of nitrogens with zero attached hydrogens (tertiary/aromatic N) is 1. The van der Waals surface area contributed by atoms with Gasteiger partial charge < -0.3 is 10.1 Å². The predicted octanol–water partition coefficient (Wildman–Crippen LogP) is 3.45. The summed E-state index contributed by atoms with van der Waals surface area (Å²) in [7, 11) is 0. The fourth-order valence-electron chi connectivity index (χ4n) is 1.98. The molecule has 0 saturated carbocycles. The first kappa shape index (κ1) is 15.6. The topological polar surface area (TPSA) is 34.1 Å². The lowest BCUT2D eigenvalue weighted by atomic mass is 10.1. The zero-order valence-corrected chi connectivity index (χ0v) is 13.5. The summed E-state index contributed by atoms with van der Waals surface area (Å²) in [6, 6.07) is 7.94. The lowest BCUT2D eigenvalue weighted by molar-refractivity contribution is 0.364. The van der Waals surface area contributed by atoms with E-state index in [2.05, 4.69) is 39.1 Å². The van der Waals surface area contributed by atoms with Gasteiger partial charge in [-0.15, -0.1) is 6.42 Å². The van der Waals surface area contributed by atoms with Gasteiger partial charge >= 0.3 is 0 Å². The Labute approximate surface area is 133 Å². The highest BCUT2D eigenvalue weighted by molar-refractivity contribution is 9.10. The number of halogens is 1. The van der Waals surface area contributed by atoms with E-state index in [1.54, 1.807) is 0 Å². The van der Waals surface area contributed by atoms with Crippen molar-refractivity contribution in [1.82, 2.24) is 10.3 Å². The molecule has 1 heterocycles. The van der Waals surface area contributed by atoms with Crippen LogP contribution in [0.1, 0.15) is 16.7 Å². The number of benzene rings is 1. The average Bonchev–Trinajstić information content (AvgIpc) is 2.48. The number of terminal acetylenes is 1. The van der Waals surface area contributed by atoms with Gasteiger partial charge in [0.1, 0.15) is 12.4 Å². The van der Waals surface area contributed by atoms with Gasteiger partial charge in [-0.1, -0.05) is 21.9 Å². The molecule has 0 saturated heterocycles. The number of hydrogen-bond donors (Lipinski definition) is 1. The van der Waals surface area contributed by atoms with E-state index in [-0.39, 0.29) is 6.61 Å². The van der Waals surface area contributed by atoms with Gasteiger partial charge in [0.15, 0.2) is 0 Å². The number of ether oxygens (including phenoxy) is 1. The molecule has 0 spiro atoms. The van der Waals surface area contributed by atoms with E-state index in [0.717, 1.165) is 22.3 Å². The van der Waals surface area contributed by atoms with Crippen LogP contribution in [-0.4, -0.2) is 11.6 Å². The first-order valence-corrected chi connectivity index (χ1v) is 7.45. The Morgan fingerprint density at radius 3 is 2.86 bits per heavy atom. The normalized spacial score (nSPS) is 10.1. The highest BCUT2D eigenvalue weighted by atomic mass is 79.9. The van der Waals surface area contributed by atoms with Crippen LogP contribution in [0, 0.1) is 19.3 Å². The lowest BCUT2D eigenvalue weighted by Crippen LogP contribution is -2.14. The van der Waals surface area contributed by atoms with Crippen LogP contribution in [0.4, 0.5) is 0 Å². The molecular formula is C17H17BrN2O. The fraction of sp³-hybridized carbons (Fsp3) is 0.235. The van der Waals surface area contributed by atoms with Crippen LogP contribution < -0.4 is 10.1 Å². The van der Waals surface area contributed by atoms with Crippen LogP contribution in [0.5, 0.6) is 5.75 Å². The monoisotopic (exact) mass is 344 g/mol. The largest absolute Gasteiger partial charge is 0.481 e. The number of hydrogen-bond acceptors (Lipinski definition) is 3. The highest BCUT2D eigenvalue weighted by Crippen LogP contribution is 2.23. The summed E-state index contributed by atoms with van der Waals surface area (Å²) in [5, 5.41) is 3.42. The molecule has 0 atom stereocenters. The maximum atomic E-state index is 5.56. The molecule has 0 amide bonds. The first-order chi connectivity index (χ1) is 10.2. The molecule has 0 fully saturated rings. The Morgan fingerprint density at radius 2 is 2.10 bits per heavy atom. The van der Waals surface area contributed by atoms with E-state index >= 15 is 0 Å². The third-order valence-corrected chi connectivity index (χ3v) is 3.59. The van der Waals surface area contributed by atoms with Crippen LogP contribution in [0.25, 0.3) is 0 Å². The third kappa shape index (κ3) is 4.59. The van der Waals surface area contributed by atoms with E-state index in [4.69, 9.17) is 11.2 Å². The molecule has 108 valence electrons. The van der Waals surface area contributed by atoms with Crippen LogP contribution in [0.2, 0.25) is 0 Å². The molecule has 0 unspecified atom stereocenters. The average molecular weight is 345 g/mol. The van der Waals surface area contributed by atoms with Gasteiger partial charge in [0.2, 0.25) is 0 Å². The number of rotatable bonds is 6. The van der Waals surface area contributed by atoms with Crippen molar-refractivity contribution in [2.24, 2.45) is 0 Å². The van der Waals surface area contributed by atoms with Crippen molar-refractivity contribution in [1.29, 1.82) is 0 Å². The van der Waals surface area contributed by atoms with Gasteiger partial charge in [-0.25, -0.2) is 0 Å². The molecular weight excluding hydrogens is 328 g/mol. The van der Waals surface area contributed by atoms with Gasteiger partial charge in [0, 0.05) is 35.5 Å². The van der Waals surface area contributed by atoms with E-state index < -0.39 is 0 Å². The molecule has 4 heteroatoms. The van der Waals surface area contributed by atoms with Crippen molar-refractivity contribution in [3.63, 3.8) is 0 Å². The summed E-state index contributed by atoms with van der Waals surface area (Å²) in [6.45, 7) is 3.83. The van der Waals surface area contributed by atoms with E-state index in [1.807, 2.05) is 36.7 Å². The van der Waals surface area contributed by atoms with Crippen molar-refractivity contribution in [3.8, 4) is 18.1 Å². The van der Waals surface area contributed by atoms with Crippen molar-refractivity contribution >= 4 is 15.9 Å². The SMILES string of the molecule is C#CCOc1ccc(Br)cc1CNCc1ccncc1C. The van der Waals surface area contributed by atoms with E-state index in [1.165, 1.54) is 11.1 Å². The summed E-state index contributed by atoms with van der Waals surface area (Å²) < 4.78 is 6.58. The Kier molecular flexibility index (Phi) is 5.79. The molecule has 2 aromatic rings. The lowest BCUT2D eigenvalue weighted by Gasteiger charge is -2.12. The number of nitrogens with one attached hydrogen (secondary N) is 1. The van der Waals surface area contributed by atoms with Gasteiger partial charge in [-0.3, -0.25) is 4.98 Å². The smallest absolute Gasteiger partial charge is 0.148 e. The molecule has 1 aromatic heterocycles. The third-order valence-electron chi connectivity index (χ3n) is 3.10.